The Morgan fingerprint density at radius 3 is 2.38 bits per heavy atom. The second-order valence-corrected chi connectivity index (χ2v) is 8.13. The number of nitrogens with one attached hydrogen (secondary N) is 1. The number of hydrogen-bond acceptors (Lipinski definition) is 2. The van der Waals surface area contributed by atoms with Crippen molar-refractivity contribution >= 4 is 17.6 Å². The maximum atomic E-state index is 12.7. The molecule has 2 fully saturated rings. The topological polar surface area (TPSA) is 52.7 Å². The fraction of sp³-hybridized carbons (Fsp3) is 0.619. The van der Waals surface area contributed by atoms with E-state index in [9.17, 15) is 9.59 Å². The summed E-state index contributed by atoms with van der Waals surface area (Å²) >= 11 is 0. The third kappa shape index (κ3) is 4.37. The van der Waals surface area contributed by atoms with Gasteiger partial charge in [-0.1, -0.05) is 13.8 Å². The molecular weight excluding hydrogens is 326 g/mol. The lowest BCUT2D eigenvalue weighted by Crippen LogP contribution is -2.40. The van der Waals surface area contributed by atoms with Gasteiger partial charge in [0.1, 0.15) is 0 Å². The summed E-state index contributed by atoms with van der Waals surface area (Å²) < 4.78 is 0. The van der Waals surface area contributed by atoms with Crippen LogP contribution in [0.2, 0.25) is 0 Å². The Kier molecular flexibility index (Phi) is 5.84. The van der Waals surface area contributed by atoms with Gasteiger partial charge in [0.2, 0.25) is 0 Å². The molecule has 1 unspecified atom stereocenters. The van der Waals surface area contributed by atoms with Gasteiger partial charge in [-0.2, -0.15) is 0 Å². The van der Waals surface area contributed by atoms with E-state index in [2.05, 4.69) is 19.2 Å². The van der Waals surface area contributed by atoms with Gasteiger partial charge >= 0.3 is 6.03 Å². The van der Waals surface area contributed by atoms with Gasteiger partial charge in [-0.15, -0.1) is 0 Å². The number of aryl methyl sites for hydroxylation is 1. The lowest BCUT2D eigenvalue weighted by Gasteiger charge is -2.31. The van der Waals surface area contributed by atoms with Gasteiger partial charge in [-0.3, -0.25) is 4.79 Å². The summed E-state index contributed by atoms with van der Waals surface area (Å²) in [5.41, 5.74) is 2.43. The van der Waals surface area contributed by atoms with E-state index in [1.165, 1.54) is 6.42 Å². The molecule has 2 aliphatic heterocycles. The quantitative estimate of drug-likeness (QED) is 0.865. The molecule has 0 radical (unpaired) electrons. The van der Waals surface area contributed by atoms with E-state index in [-0.39, 0.29) is 11.9 Å². The van der Waals surface area contributed by atoms with E-state index < -0.39 is 0 Å². The van der Waals surface area contributed by atoms with Gasteiger partial charge in [0.15, 0.2) is 0 Å². The first-order chi connectivity index (χ1) is 12.4. The van der Waals surface area contributed by atoms with Crippen LogP contribution in [-0.2, 0) is 0 Å². The van der Waals surface area contributed by atoms with Crippen molar-refractivity contribution in [2.24, 2.45) is 11.8 Å². The SMILES string of the molecule is Cc1cc(C(=O)N2CCCC(C)C2)ccc1NC(=O)N1CCC(C)CC1. The molecule has 0 saturated carbocycles. The van der Waals surface area contributed by atoms with Crippen LogP contribution in [0.4, 0.5) is 10.5 Å². The van der Waals surface area contributed by atoms with Crippen LogP contribution >= 0.6 is 0 Å². The minimum atomic E-state index is -0.0380. The summed E-state index contributed by atoms with van der Waals surface area (Å²) in [6.07, 6.45) is 4.40. The van der Waals surface area contributed by atoms with Crippen molar-refractivity contribution in [3.05, 3.63) is 29.3 Å². The molecule has 1 N–H and O–H groups in total. The highest BCUT2D eigenvalue weighted by Gasteiger charge is 2.23. The largest absolute Gasteiger partial charge is 0.338 e. The van der Waals surface area contributed by atoms with Crippen molar-refractivity contribution in [3.63, 3.8) is 0 Å². The maximum absolute atomic E-state index is 12.7. The molecule has 3 rings (SSSR count). The fourth-order valence-electron chi connectivity index (χ4n) is 3.90. The highest BCUT2D eigenvalue weighted by molar-refractivity contribution is 5.96. The van der Waals surface area contributed by atoms with Gasteiger partial charge in [0, 0.05) is 37.4 Å². The van der Waals surface area contributed by atoms with Crippen LogP contribution in [0, 0.1) is 18.8 Å². The van der Waals surface area contributed by atoms with E-state index in [4.69, 9.17) is 0 Å². The number of rotatable bonds is 2. The van der Waals surface area contributed by atoms with Gasteiger partial charge in [0.05, 0.1) is 0 Å². The summed E-state index contributed by atoms with van der Waals surface area (Å²) in [7, 11) is 0. The number of carbonyl (C=O) groups is 2. The Morgan fingerprint density at radius 1 is 1.00 bits per heavy atom. The van der Waals surface area contributed by atoms with E-state index in [1.807, 2.05) is 34.9 Å². The predicted octanol–water partition coefficient (Wildman–Crippen LogP) is 4.13. The highest BCUT2D eigenvalue weighted by Crippen LogP contribution is 2.22. The summed E-state index contributed by atoms with van der Waals surface area (Å²) in [4.78, 5) is 29.0. The number of hydrogen-bond donors (Lipinski definition) is 1. The molecule has 5 heteroatoms. The predicted molar refractivity (Wildman–Crippen MR) is 104 cm³/mol. The first-order valence-electron chi connectivity index (χ1n) is 9.90. The molecule has 142 valence electrons. The van der Waals surface area contributed by atoms with Crippen LogP contribution in [0.15, 0.2) is 18.2 Å². The molecule has 0 spiro atoms. The standard InChI is InChI=1S/C21H31N3O2/c1-15-8-11-23(12-9-15)21(26)22-19-7-6-18(13-17(19)3)20(25)24-10-4-5-16(2)14-24/h6-7,13,15-16H,4-5,8-12,14H2,1-3H3,(H,22,26). The van der Waals surface area contributed by atoms with E-state index in [0.717, 1.165) is 56.7 Å². The summed E-state index contributed by atoms with van der Waals surface area (Å²) in [5, 5.41) is 3.01. The van der Waals surface area contributed by atoms with Crippen LogP contribution < -0.4 is 5.32 Å². The molecule has 2 saturated heterocycles. The molecule has 2 aliphatic rings. The molecule has 1 aromatic carbocycles. The Hall–Kier alpha value is -2.04. The lowest BCUT2D eigenvalue weighted by molar-refractivity contribution is 0.0683. The molecule has 5 nitrogen and oxygen atoms in total. The Morgan fingerprint density at radius 2 is 1.73 bits per heavy atom. The number of likely N-dealkylation sites (tertiary alicyclic amines) is 2. The van der Waals surface area contributed by atoms with Crippen molar-refractivity contribution in [1.29, 1.82) is 0 Å². The third-order valence-electron chi connectivity index (χ3n) is 5.73. The van der Waals surface area contributed by atoms with Gasteiger partial charge in [0.25, 0.3) is 5.91 Å². The fourth-order valence-corrected chi connectivity index (χ4v) is 3.90. The lowest BCUT2D eigenvalue weighted by atomic mass is 9.99. The monoisotopic (exact) mass is 357 g/mol. The van der Waals surface area contributed by atoms with Crippen molar-refractivity contribution in [1.82, 2.24) is 9.80 Å². The Bertz CT molecular complexity index is 665. The first-order valence-corrected chi connectivity index (χ1v) is 9.90. The molecule has 1 atom stereocenters. The zero-order valence-corrected chi connectivity index (χ0v) is 16.3. The van der Waals surface area contributed by atoms with Gasteiger partial charge in [-0.25, -0.2) is 4.79 Å². The third-order valence-corrected chi connectivity index (χ3v) is 5.73. The normalized spacial score (nSPS) is 21.6. The number of carbonyl (C=O) groups excluding carboxylic acids is 2. The molecule has 3 amide bonds. The number of benzene rings is 1. The molecular formula is C21H31N3O2. The minimum Gasteiger partial charge on any atom is -0.338 e. The maximum Gasteiger partial charge on any atom is 0.321 e. The second kappa shape index (κ2) is 8.11. The number of urea groups is 1. The second-order valence-electron chi connectivity index (χ2n) is 8.13. The van der Waals surface area contributed by atoms with Crippen molar-refractivity contribution in [2.75, 3.05) is 31.5 Å². The summed E-state index contributed by atoms with van der Waals surface area (Å²) in [6.45, 7) is 9.69. The summed E-state index contributed by atoms with van der Waals surface area (Å²) in [6, 6.07) is 5.56. The van der Waals surface area contributed by atoms with Crippen LogP contribution in [0.1, 0.15) is 55.5 Å². The average molecular weight is 357 g/mol. The number of nitrogens with zero attached hydrogens (tertiary/aromatic N) is 2. The van der Waals surface area contributed by atoms with E-state index >= 15 is 0 Å². The van der Waals surface area contributed by atoms with Crippen LogP contribution in [-0.4, -0.2) is 47.9 Å². The summed E-state index contributed by atoms with van der Waals surface area (Å²) in [5.74, 6) is 1.37. The number of anilines is 1. The van der Waals surface area contributed by atoms with Crippen molar-refractivity contribution in [3.8, 4) is 0 Å². The van der Waals surface area contributed by atoms with Gasteiger partial charge < -0.3 is 15.1 Å². The number of amides is 3. The Balaban J connectivity index is 1.63. The van der Waals surface area contributed by atoms with Gasteiger partial charge in [-0.05, 0) is 68.2 Å². The molecule has 1 aromatic rings. The molecule has 0 bridgehead atoms. The van der Waals surface area contributed by atoms with E-state index in [0.29, 0.717) is 17.4 Å². The molecule has 26 heavy (non-hydrogen) atoms. The smallest absolute Gasteiger partial charge is 0.321 e. The molecule has 0 aromatic heterocycles. The molecule has 2 heterocycles. The van der Waals surface area contributed by atoms with Crippen molar-refractivity contribution < 1.29 is 9.59 Å². The zero-order valence-electron chi connectivity index (χ0n) is 16.3. The van der Waals surface area contributed by atoms with Crippen LogP contribution in [0.25, 0.3) is 0 Å². The zero-order chi connectivity index (χ0) is 18.7. The number of piperidine rings is 2. The minimum absolute atomic E-state index is 0.0380. The van der Waals surface area contributed by atoms with E-state index in [1.54, 1.807) is 0 Å². The van der Waals surface area contributed by atoms with Crippen LogP contribution in [0.3, 0.4) is 0 Å². The molecule has 0 aliphatic carbocycles. The highest BCUT2D eigenvalue weighted by atomic mass is 16.2. The average Bonchev–Trinajstić information content (AvgIpc) is 2.63. The van der Waals surface area contributed by atoms with Crippen LogP contribution in [0.5, 0.6) is 0 Å². The first kappa shape index (κ1) is 18.7. The Labute approximate surface area is 156 Å². The van der Waals surface area contributed by atoms with Crippen molar-refractivity contribution in [2.45, 2.75) is 46.5 Å².